The van der Waals surface area contributed by atoms with Gasteiger partial charge in [-0.05, 0) is 25.8 Å². The monoisotopic (exact) mass is 424 g/mol. The van der Waals surface area contributed by atoms with Crippen LogP contribution in [0, 0.1) is 0 Å². The van der Waals surface area contributed by atoms with Crippen molar-refractivity contribution in [1.82, 2.24) is 20.6 Å². The van der Waals surface area contributed by atoms with Crippen molar-refractivity contribution >= 4 is 29.6 Å². The molecule has 2 heterocycles. The van der Waals surface area contributed by atoms with Gasteiger partial charge < -0.3 is 15.5 Å². The number of carbonyl (C=O) groups is 5. The van der Waals surface area contributed by atoms with E-state index in [2.05, 4.69) is 15.5 Å². The maximum Gasteiger partial charge on any atom is 0.334 e. The van der Waals surface area contributed by atoms with E-state index >= 15 is 0 Å². The molecule has 0 aromatic rings. The van der Waals surface area contributed by atoms with Crippen molar-refractivity contribution in [1.29, 1.82) is 0 Å². The zero-order valence-electron chi connectivity index (χ0n) is 21.2. The van der Waals surface area contributed by atoms with Crippen LogP contribution in [-0.4, -0.2) is 71.8 Å². The third-order valence-corrected chi connectivity index (χ3v) is 4.71. The molecule has 1 unspecified atom stereocenters. The smallest absolute Gasteiger partial charge is 0.334 e. The highest BCUT2D eigenvalue weighted by molar-refractivity contribution is 6.01. The molecule has 2 aliphatic rings. The number of imide groups is 1. The van der Waals surface area contributed by atoms with Crippen molar-refractivity contribution < 1.29 is 35.7 Å². The molecular weight excluding hydrogens is 389 g/mol. The number of hydroxylamine groups is 2. The van der Waals surface area contributed by atoms with E-state index in [9.17, 15) is 24.0 Å². The van der Waals surface area contributed by atoms with E-state index in [0.717, 1.165) is 6.42 Å². The highest BCUT2D eigenvalue weighted by Crippen LogP contribution is 2.20. The van der Waals surface area contributed by atoms with Crippen LogP contribution in [-0.2, 0) is 28.8 Å². The number of likely N-dealkylation sites (tertiary alicyclic amines) is 1. The summed E-state index contributed by atoms with van der Waals surface area (Å²) in [7, 11) is 0. The van der Waals surface area contributed by atoms with E-state index in [0.29, 0.717) is 18.0 Å². The van der Waals surface area contributed by atoms with Gasteiger partial charge in [0.1, 0.15) is 0 Å². The summed E-state index contributed by atoms with van der Waals surface area (Å²) in [6.07, 6.45) is -1.50. The second-order valence-corrected chi connectivity index (χ2v) is 6.89. The molecule has 2 saturated heterocycles. The van der Waals surface area contributed by atoms with E-state index in [-0.39, 0.29) is 63.7 Å². The number of rotatable bonds is 11. The van der Waals surface area contributed by atoms with Crippen molar-refractivity contribution in [2.24, 2.45) is 0 Å². The number of carbonyl (C=O) groups excluding carboxylic acids is 5. The Balaban J connectivity index is 1.62. The minimum absolute atomic E-state index is 0.00947. The van der Waals surface area contributed by atoms with Crippen LogP contribution in [0.25, 0.3) is 0 Å². The second kappa shape index (κ2) is 11.5. The van der Waals surface area contributed by atoms with Gasteiger partial charge in [0.05, 0.1) is 13.0 Å². The zero-order chi connectivity index (χ0) is 25.5. The number of amides is 4. The summed E-state index contributed by atoms with van der Waals surface area (Å²) >= 11 is 0. The quantitative estimate of drug-likeness (QED) is 0.269. The maximum atomic E-state index is 12.2. The third kappa shape index (κ3) is 7.45. The molecule has 0 saturated carbocycles. The lowest BCUT2D eigenvalue weighted by Crippen LogP contribution is -2.41. The summed E-state index contributed by atoms with van der Waals surface area (Å²) in [5.41, 5.74) is 0. The summed E-state index contributed by atoms with van der Waals surface area (Å²) in [5, 5.41) is 5.49. The molecule has 2 aliphatic heterocycles. The molecule has 2 N–H and O–H groups in total. The van der Waals surface area contributed by atoms with Crippen LogP contribution in [0.15, 0.2) is 0 Å². The maximum absolute atomic E-state index is 12.2. The Labute approximate surface area is 177 Å². The largest absolute Gasteiger partial charge is 0.355 e. The molecule has 4 amide bonds. The highest BCUT2D eigenvalue weighted by Gasteiger charge is 2.32. The van der Waals surface area contributed by atoms with Gasteiger partial charge in [-0.1, -0.05) is 13.2 Å². The van der Waals surface area contributed by atoms with Gasteiger partial charge in [0, 0.05) is 45.2 Å². The van der Waals surface area contributed by atoms with Crippen molar-refractivity contribution in [3.8, 4) is 0 Å². The Morgan fingerprint density at radius 1 is 1.14 bits per heavy atom. The lowest BCUT2D eigenvalue weighted by Gasteiger charge is -2.23. The Kier molecular flexibility index (Phi) is 6.47. The Morgan fingerprint density at radius 3 is 2.55 bits per heavy atom. The Hall–Kier alpha value is -2.49. The molecule has 0 radical (unpaired) electrons. The molecule has 2 fully saturated rings. The average Bonchev–Trinajstić information content (AvgIpc) is 3.27. The lowest BCUT2D eigenvalue weighted by molar-refractivity contribution is -0.197. The molecule has 0 aromatic heterocycles. The fraction of sp³-hybridized carbons (Fsp3) is 0.737. The second-order valence-electron chi connectivity index (χ2n) is 6.89. The third-order valence-electron chi connectivity index (χ3n) is 4.71. The van der Waals surface area contributed by atoms with Gasteiger partial charge >= 0.3 is 5.97 Å². The Bertz CT molecular complexity index is 791. The van der Waals surface area contributed by atoms with Crippen LogP contribution in [0.2, 0.25) is 0 Å². The SMILES string of the molecule is [2H]C([2H])([2H])C([2H])([2H])CC1CCC[15N]1CC(=O)[15NH][13CH2][13CH2][13C](=O)[15NH][13CH2][13CH2][13C](=O)ON1C(=O)CCC1=O. The summed E-state index contributed by atoms with van der Waals surface area (Å²) in [5.74, 6) is -2.80. The van der Waals surface area contributed by atoms with Gasteiger partial charge in [-0.25, -0.2) is 4.79 Å². The molecule has 1 atom stereocenters. The van der Waals surface area contributed by atoms with Crippen molar-refractivity contribution in [3.05, 3.63) is 0 Å². The Morgan fingerprint density at radius 2 is 1.83 bits per heavy atom. The summed E-state index contributed by atoms with van der Waals surface area (Å²) < 4.78 is 37.6. The molecule has 10 nitrogen and oxygen atoms in total. The zero-order valence-corrected chi connectivity index (χ0v) is 16.2. The van der Waals surface area contributed by atoms with Crippen LogP contribution in [0.5, 0.6) is 0 Å². The first-order valence-corrected chi connectivity index (χ1v) is 9.64. The van der Waals surface area contributed by atoms with Gasteiger partial charge in [0.25, 0.3) is 11.8 Å². The van der Waals surface area contributed by atoms with Crippen LogP contribution >= 0.6 is 0 Å². The van der Waals surface area contributed by atoms with Crippen molar-refractivity contribution in [3.63, 3.8) is 0 Å². The van der Waals surface area contributed by atoms with Crippen LogP contribution in [0.4, 0.5) is 0 Å². The number of hydrogen-bond acceptors (Lipinski definition) is 7. The van der Waals surface area contributed by atoms with Gasteiger partial charge in [0.2, 0.25) is 11.8 Å². The minimum atomic E-state index is -2.74. The lowest BCUT2D eigenvalue weighted by atomic mass is 10.1. The van der Waals surface area contributed by atoms with Gasteiger partial charge in [-0.2, -0.15) is 0 Å². The fourth-order valence-corrected chi connectivity index (χ4v) is 3.21. The predicted molar refractivity (Wildman–Crippen MR) is 102 cm³/mol. The molecule has 0 spiro atoms. The standard InChI is InChI=1S/C19H30N4O6/c1-2-4-14-5-3-12-22(14)13-16(25)21-10-8-15(24)20-11-9-19(28)29-23-17(26)6-7-18(23)27/h14H,2-13H2,1H3,(H,20,24)(H,21,25)/i1D3,2D2,8+1,9+1,10+1,11+1,15+1,19+1,20+1,21+1,22+1. The van der Waals surface area contributed by atoms with E-state index in [1.54, 1.807) is 4.90 Å². The molecular formula is C19H30N4O6. The van der Waals surface area contributed by atoms with Crippen LogP contribution < -0.4 is 10.6 Å². The normalized spacial score (nSPS) is 23.0. The molecule has 10 heteroatoms. The number of nitrogens with zero attached hydrogens (tertiary/aromatic N) is 2. The van der Waals surface area contributed by atoms with Gasteiger partial charge in [-0.15, -0.1) is 5.06 Å². The predicted octanol–water partition coefficient (Wildman–Crippen LogP) is -0.129. The fourth-order valence-electron chi connectivity index (χ4n) is 3.21. The minimum Gasteiger partial charge on any atom is -0.355 e. The average molecular weight is 424 g/mol. The van der Waals surface area contributed by atoms with E-state index in [1.807, 2.05) is 0 Å². The van der Waals surface area contributed by atoms with E-state index in [1.165, 1.54) is 0 Å². The first kappa shape index (κ1) is 16.3. The summed E-state index contributed by atoms with van der Waals surface area (Å²) in [6.45, 7) is -2.23. The number of hydrogen-bond donors (Lipinski definition) is 2. The van der Waals surface area contributed by atoms with Crippen molar-refractivity contribution in [2.75, 3.05) is 26.2 Å². The molecule has 0 aromatic carbocycles. The summed E-state index contributed by atoms with van der Waals surface area (Å²) in [6, 6.07) is -0.352. The molecule has 2 rings (SSSR count). The molecule has 0 bridgehead atoms. The molecule has 29 heavy (non-hydrogen) atoms. The van der Waals surface area contributed by atoms with Crippen LogP contribution in [0.3, 0.4) is 0 Å². The first-order valence-electron chi connectivity index (χ1n) is 12.1. The van der Waals surface area contributed by atoms with E-state index < -0.39 is 36.9 Å². The first-order chi connectivity index (χ1) is 15.8. The highest BCUT2D eigenvalue weighted by atomic mass is 16.8. The summed E-state index contributed by atoms with van der Waals surface area (Å²) in [4.78, 5) is 64.9. The number of nitrogens with one attached hydrogen (secondary N) is 2. The van der Waals surface area contributed by atoms with Gasteiger partial charge in [0.15, 0.2) is 0 Å². The van der Waals surface area contributed by atoms with Gasteiger partial charge in [-0.3, -0.25) is 24.1 Å². The van der Waals surface area contributed by atoms with Crippen molar-refractivity contribution in [2.45, 2.75) is 64.2 Å². The topological polar surface area (TPSA) is 125 Å². The molecule has 162 valence electrons. The van der Waals surface area contributed by atoms with Crippen LogP contribution in [0.1, 0.15) is 65.0 Å². The molecule has 0 aliphatic carbocycles. The van der Waals surface area contributed by atoms with E-state index in [4.69, 9.17) is 6.85 Å².